The summed E-state index contributed by atoms with van der Waals surface area (Å²) in [5, 5.41) is 2.85. The van der Waals surface area contributed by atoms with E-state index in [9.17, 15) is 4.79 Å². The van der Waals surface area contributed by atoms with Crippen molar-refractivity contribution >= 4 is 12.0 Å². The number of ether oxygens (including phenoxy) is 3. The summed E-state index contributed by atoms with van der Waals surface area (Å²) in [6.45, 7) is 1.31. The van der Waals surface area contributed by atoms with Crippen LogP contribution in [0.5, 0.6) is 17.2 Å². The third-order valence-corrected chi connectivity index (χ3v) is 4.63. The number of benzene rings is 3. The molecule has 0 saturated heterocycles. The molecule has 1 unspecified atom stereocenters. The third kappa shape index (κ3) is 5.41. The van der Waals surface area contributed by atoms with E-state index in [4.69, 9.17) is 14.2 Å². The van der Waals surface area contributed by atoms with Crippen LogP contribution < -0.4 is 19.5 Å². The first-order valence-electron chi connectivity index (χ1n) is 9.87. The van der Waals surface area contributed by atoms with Crippen molar-refractivity contribution in [1.82, 2.24) is 5.32 Å². The van der Waals surface area contributed by atoms with Crippen LogP contribution in [0.2, 0.25) is 0 Å². The normalized spacial score (nSPS) is 15.0. The first-order chi connectivity index (χ1) is 14.8. The number of para-hydroxylation sites is 2. The zero-order chi connectivity index (χ0) is 20.6. The number of hydrogen-bond donors (Lipinski definition) is 1. The van der Waals surface area contributed by atoms with Gasteiger partial charge in [-0.2, -0.15) is 0 Å². The first kappa shape index (κ1) is 19.6. The van der Waals surface area contributed by atoms with Gasteiger partial charge in [-0.15, -0.1) is 0 Å². The highest BCUT2D eigenvalue weighted by Crippen LogP contribution is 2.30. The summed E-state index contributed by atoms with van der Waals surface area (Å²) < 4.78 is 17.3. The molecule has 3 aromatic carbocycles. The maximum Gasteiger partial charge on any atom is 0.244 e. The van der Waals surface area contributed by atoms with Gasteiger partial charge < -0.3 is 19.5 Å². The van der Waals surface area contributed by atoms with Crippen LogP contribution in [0.3, 0.4) is 0 Å². The van der Waals surface area contributed by atoms with Crippen LogP contribution in [0.1, 0.15) is 11.1 Å². The molecule has 3 aromatic rings. The standard InChI is InChI=1S/C25H23NO4/c27-25(26-16-22-18-29-23-8-4-5-9-24(23)30-22)15-12-19-10-13-21(14-11-19)28-17-20-6-2-1-3-7-20/h1-15,22H,16-18H2,(H,26,27). The predicted octanol–water partition coefficient (Wildman–Crippen LogP) is 4.24. The zero-order valence-electron chi connectivity index (χ0n) is 16.5. The van der Waals surface area contributed by atoms with Crippen molar-refractivity contribution in [3.8, 4) is 17.2 Å². The average Bonchev–Trinajstić information content (AvgIpc) is 2.81. The summed E-state index contributed by atoms with van der Waals surface area (Å²) in [4.78, 5) is 12.1. The van der Waals surface area contributed by atoms with Crippen molar-refractivity contribution in [3.63, 3.8) is 0 Å². The third-order valence-electron chi connectivity index (χ3n) is 4.63. The molecule has 152 valence electrons. The summed E-state index contributed by atoms with van der Waals surface area (Å²) in [5.74, 6) is 2.04. The second kappa shape index (κ2) is 9.65. The van der Waals surface area contributed by atoms with Gasteiger partial charge in [-0.3, -0.25) is 4.79 Å². The summed E-state index contributed by atoms with van der Waals surface area (Å²) in [7, 11) is 0. The summed E-state index contributed by atoms with van der Waals surface area (Å²) in [5.41, 5.74) is 2.04. The van der Waals surface area contributed by atoms with Crippen LogP contribution in [0.15, 0.2) is 84.9 Å². The van der Waals surface area contributed by atoms with Crippen molar-refractivity contribution in [2.45, 2.75) is 12.7 Å². The van der Waals surface area contributed by atoms with E-state index in [1.54, 1.807) is 6.08 Å². The molecule has 5 nitrogen and oxygen atoms in total. The fourth-order valence-electron chi connectivity index (χ4n) is 3.03. The van der Waals surface area contributed by atoms with Gasteiger partial charge in [-0.05, 0) is 41.5 Å². The van der Waals surface area contributed by atoms with E-state index in [0.717, 1.165) is 22.6 Å². The van der Waals surface area contributed by atoms with E-state index < -0.39 is 0 Å². The molecule has 1 atom stereocenters. The Morgan fingerprint density at radius 2 is 1.70 bits per heavy atom. The highest BCUT2D eigenvalue weighted by Gasteiger charge is 2.20. The summed E-state index contributed by atoms with van der Waals surface area (Å²) in [6, 6.07) is 25.2. The van der Waals surface area contributed by atoms with Crippen LogP contribution >= 0.6 is 0 Å². The molecule has 0 fully saturated rings. The van der Waals surface area contributed by atoms with Gasteiger partial charge in [0.1, 0.15) is 25.1 Å². The monoisotopic (exact) mass is 401 g/mol. The maximum atomic E-state index is 12.1. The second-order valence-electron chi connectivity index (χ2n) is 6.92. The highest BCUT2D eigenvalue weighted by molar-refractivity contribution is 5.91. The molecule has 0 saturated carbocycles. The van der Waals surface area contributed by atoms with E-state index in [0.29, 0.717) is 25.5 Å². The Balaban J connectivity index is 1.22. The van der Waals surface area contributed by atoms with E-state index in [-0.39, 0.29) is 12.0 Å². The SMILES string of the molecule is O=C(C=Cc1ccc(OCc2ccccc2)cc1)NCC1COc2ccccc2O1. The lowest BCUT2D eigenvalue weighted by atomic mass is 10.2. The zero-order valence-corrected chi connectivity index (χ0v) is 16.5. The largest absolute Gasteiger partial charge is 0.489 e. The Morgan fingerprint density at radius 3 is 2.50 bits per heavy atom. The van der Waals surface area contributed by atoms with Gasteiger partial charge in [0.2, 0.25) is 5.91 Å². The minimum atomic E-state index is -0.210. The van der Waals surface area contributed by atoms with Crippen molar-refractivity contribution in [1.29, 1.82) is 0 Å². The van der Waals surface area contributed by atoms with Crippen LogP contribution in [0.4, 0.5) is 0 Å². The van der Waals surface area contributed by atoms with E-state index in [1.165, 1.54) is 6.08 Å². The molecule has 0 spiro atoms. The molecule has 1 aliphatic heterocycles. The molecular formula is C25H23NO4. The number of carbonyl (C=O) groups is 1. The molecular weight excluding hydrogens is 378 g/mol. The van der Waals surface area contributed by atoms with Gasteiger partial charge in [0.05, 0.1) is 6.54 Å². The lowest BCUT2D eigenvalue weighted by Crippen LogP contribution is -2.40. The molecule has 0 radical (unpaired) electrons. The van der Waals surface area contributed by atoms with Crippen molar-refractivity contribution in [2.75, 3.05) is 13.2 Å². The second-order valence-corrected chi connectivity index (χ2v) is 6.92. The molecule has 0 aromatic heterocycles. The fourth-order valence-corrected chi connectivity index (χ4v) is 3.03. The Morgan fingerprint density at radius 1 is 0.967 bits per heavy atom. The smallest absolute Gasteiger partial charge is 0.244 e. The molecule has 1 aliphatic rings. The Kier molecular flexibility index (Phi) is 6.30. The fraction of sp³-hybridized carbons (Fsp3) is 0.160. The van der Waals surface area contributed by atoms with Crippen LogP contribution in [0.25, 0.3) is 6.08 Å². The van der Waals surface area contributed by atoms with Gasteiger partial charge in [0.25, 0.3) is 0 Å². The van der Waals surface area contributed by atoms with Gasteiger partial charge in [0.15, 0.2) is 11.5 Å². The molecule has 30 heavy (non-hydrogen) atoms. The van der Waals surface area contributed by atoms with Crippen molar-refractivity contribution in [2.24, 2.45) is 0 Å². The minimum absolute atomic E-state index is 0.179. The van der Waals surface area contributed by atoms with Gasteiger partial charge in [-0.25, -0.2) is 0 Å². The Labute approximate surface area is 175 Å². The van der Waals surface area contributed by atoms with E-state index >= 15 is 0 Å². The molecule has 5 heteroatoms. The van der Waals surface area contributed by atoms with Crippen LogP contribution in [-0.4, -0.2) is 25.2 Å². The van der Waals surface area contributed by atoms with Crippen LogP contribution in [0, 0.1) is 0 Å². The molecule has 4 rings (SSSR count). The number of hydrogen-bond acceptors (Lipinski definition) is 4. The van der Waals surface area contributed by atoms with Gasteiger partial charge in [-0.1, -0.05) is 54.6 Å². The topological polar surface area (TPSA) is 56.8 Å². The number of nitrogens with one attached hydrogen (secondary N) is 1. The minimum Gasteiger partial charge on any atom is -0.489 e. The molecule has 1 heterocycles. The number of fused-ring (bicyclic) bond motifs is 1. The Bertz CT molecular complexity index is 999. The summed E-state index contributed by atoms with van der Waals surface area (Å²) in [6.07, 6.45) is 3.07. The van der Waals surface area contributed by atoms with E-state index in [2.05, 4.69) is 5.32 Å². The summed E-state index contributed by atoms with van der Waals surface area (Å²) >= 11 is 0. The average molecular weight is 401 g/mol. The van der Waals surface area contributed by atoms with Crippen molar-refractivity contribution in [3.05, 3.63) is 96.1 Å². The molecule has 0 aliphatic carbocycles. The number of rotatable bonds is 7. The Hall–Kier alpha value is -3.73. The van der Waals surface area contributed by atoms with Crippen LogP contribution in [-0.2, 0) is 11.4 Å². The lowest BCUT2D eigenvalue weighted by molar-refractivity contribution is -0.116. The lowest BCUT2D eigenvalue weighted by Gasteiger charge is -2.26. The first-order valence-corrected chi connectivity index (χ1v) is 9.87. The van der Waals surface area contributed by atoms with Gasteiger partial charge in [0, 0.05) is 6.08 Å². The number of amides is 1. The molecule has 1 amide bonds. The van der Waals surface area contributed by atoms with Gasteiger partial charge >= 0.3 is 0 Å². The quantitative estimate of drug-likeness (QED) is 0.602. The predicted molar refractivity (Wildman–Crippen MR) is 116 cm³/mol. The molecule has 1 N–H and O–H groups in total. The highest BCUT2D eigenvalue weighted by atomic mass is 16.6. The van der Waals surface area contributed by atoms with Crippen molar-refractivity contribution < 1.29 is 19.0 Å². The molecule has 0 bridgehead atoms. The number of carbonyl (C=O) groups excluding carboxylic acids is 1. The maximum absolute atomic E-state index is 12.1. The van der Waals surface area contributed by atoms with E-state index in [1.807, 2.05) is 78.9 Å².